The van der Waals surface area contributed by atoms with E-state index in [9.17, 15) is 0 Å². The summed E-state index contributed by atoms with van der Waals surface area (Å²) in [5.74, 6) is 0. The van der Waals surface area contributed by atoms with Gasteiger partial charge in [0.05, 0.1) is 12.2 Å². The molecule has 0 amide bonds. The summed E-state index contributed by atoms with van der Waals surface area (Å²) in [5.41, 5.74) is 0. The Hall–Kier alpha value is 0.930. The van der Waals surface area contributed by atoms with Gasteiger partial charge < -0.3 is 0 Å². The van der Waals surface area contributed by atoms with Crippen LogP contribution in [0.4, 0.5) is 0 Å². The maximum atomic E-state index is 4.98. The topological polar surface area (TPSA) is 21.7 Å². The fourth-order valence-electron chi connectivity index (χ4n) is 1.01. The number of piperidine rings is 1. The molecular formula is C5H11NO2S3. The van der Waals surface area contributed by atoms with E-state index in [2.05, 4.69) is 20.8 Å². The van der Waals surface area contributed by atoms with Crippen LogP contribution in [0.3, 0.4) is 0 Å². The summed E-state index contributed by atoms with van der Waals surface area (Å²) >= 11 is 5.76. The first kappa shape index (κ1) is 10.0. The van der Waals surface area contributed by atoms with Gasteiger partial charge in [0.1, 0.15) is 0 Å². The van der Waals surface area contributed by atoms with E-state index in [-0.39, 0.29) is 0 Å². The number of nitrogens with zero attached hydrogens (tertiary/aromatic N) is 1. The maximum Gasteiger partial charge on any atom is 0.185 e. The summed E-state index contributed by atoms with van der Waals surface area (Å²) < 4.78 is 11.5. The van der Waals surface area contributed by atoms with Crippen LogP contribution in [0, 0.1) is 0 Å². The Morgan fingerprint density at radius 3 is 2.55 bits per heavy atom. The summed E-state index contributed by atoms with van der Waals surface area (Å²) in [4.78, 5) is 0. The third-order valence-electron chi connectivity index (χ3n) is 1.51. The van der Waals surface area contributed by atoms with Gasteiger partial charge in [-0.15, -0.1) is 0 Å². The molecule has 1 aliphatic rings. The second-order valence-corrected chi connectivity index (χ2v) is 4.22. The lowest BCUT2D eigenvalue weighted by Crippen LogP contribution is -2.22. The highest BCUT2D eigenvalue weighted by molar-refractivity contribution is 8.07. The maximum absolute atomic E-state index is 4.98. The lowest BCUT2D eigenvalue weighted by molar-refractivity contribution is 0.367. The molecule has 0 spiro atoms. The molecule has 6 heteroatoms. The smallest absolute Gasteiger partial charge is 0.185 e. The largest absolute Gasteiger partial charge is 0.226 e. The van der Waals surface area contributed by atoms with Gasteiger partial charge in [0, 0.05) is 13.1 Å². The highest BCUT2D eigenvalue weighted by Gasteiger charge is 2.10. The van der Waals surface area contributed by atoms with Crippen molar-refractivity contribution in [2.24, 2.45) is 0 Å². The van der Waals surface area contributed by atoms with Gasteiger partial charge in [-0.05, 0) is 25.8 Å². The molecule has 1 fully saturated rings. The molecule has 11 heavy (non-hydrogen) atoms. The molecule has 66 valence electrons. The molecular weight excluding hydrogens is 202 g/mol. The average molecular weight is 213 g/mol. The van der Waals surface area contributed by atoms with Crippen LogP contribution in [-0.2, 0) is 7.26 Å². The van der Waals surface area contributed by atoms with Crippen molar-refractivity contribution in [3.63, 3.8) is 0 Å². The van der Waals surface area contributed by atoms with Crippen molar-refractivity contribution in [2.75, 3.05) is 13.1 Å². The number of hydrogen-bond donors (Lipinski definition) is 1. The quantitative estimate of drug-likeness (QED) is 0.334. The molecule has 1 heterocycles. The predicted molar refractivity (Wildman–Crippen MR) is 51.8 cm³/mol. The molecule has 0 aromatic heterocycles. The van der Waals surface area contributed by atoms with Crippen molar-refractivity contribution in [2.45, 2.75) is 19.3 Å². The number of thiol groups is 1. The van der Waals surface area contributed by atoms with E-state index in [1.165, 1.54) is 31.5 Å². The Labute approximate surface area is 81.6 Å². The van der Waals surface area contributed by atoms with E-state index < -0.39 is 0 Å². The standard InChI is InChI=1S/C5H11NO2S3/c9-7-11-8-10-6-4-2-1-3-5-6/h9H,1-5H2. The van der Waals surface area contributed by atoms with Gasteiger partial charge in [-0.25, -0.2) is 11.6 Å². The van der Waals surface area contributed by atoms with Crippen molar-refractivity contribution in [3.8, 4) is 0 Å². The number of hydrogen-bond acceptors (Lipinski definition) is 6. The van der Waals surface area contributed by atoms with Crippen LogP contribution in [0.15, 0.2) is 0 Å². The Kier molecular flexibility index (Phi) is 5.87. The van der Waals surface area contributed by atoms with Crippen LogP contribution in [0.5, 0.6) is 0 Å². The van der Waals surface area contributed by atoms with Crippen molar-refractivity contribution < 1.29 is 7.26 Å². The monoisotopic (exact) mass is 213 g/mol. The second kappa shape index (κ2) is 6.45. The van der Waals surface area contributed by atoms with Gasteiger partial charge in [-0.3, -0.25) is 0 Å². The van der Waals surface area contributed by atoms with E-state index >= 15 is 0 Å². The van der Waals surface area contributed by atoms with E-state index in [4.69, 9.17) is 3.63 Å². The lowest BCUT2D eigenvalue weighted by Gasteiger charge is -2.22. The molecule has 1 saturated heterocycles. The molecule has 3 nitrogen and oxygen atoms in total. The molecule has 0 unspecified atom stereocenters. The van der Waals surface area contributed by atoms with Gasteiger partial charge in [0.15, 0.2) is 12.3 Å². The minimum absolute atomic E-state index is 0.887. The molecule has 0 aromatic rings. The van der Waals surface area contributed by atoms with E-state index in [1.54, 1.807) is 0 Å². The summed E-state index contributed by atoms with van der Waals surface area (Å²) in [6, 6.07) is 0. The van der Waals surface area contributed by atoms with E-state index in [0.29, 0.717) is 0 Å². The normalized spacial score (nSPS) is 20.5. The van der Waals surface area contributed by atoms with Gasteiger partial charge >= 0.3 is 0 Å². The van der Waals surface area contributed by atoms with Gasteiger partial charge in [0.2, 0.25) is 0 Å². The van der Waals surface area contributed by atoms with Gasteiger partial charge in [0.25, 0.3) is 0 Å². The molecule has 0 N–H and O–H groups in total. The van der Waals surface area contributed by atoms with Crippen molar-refractivity contribution in [3.05, 3.63) is 0 Å². The average Bonchev–Trinajstić information content (AvgIpc) is 2.07. The van der Waals surface area contributed by atoms with Crippen LogP contribution in [-0.4, -0.2) is 17.4 Å². The van der Waals surface area contributed by atoms with Crippen LogP contribution in [0.1, 0.15) is 19.3 Å². The van der Waals surface area contributed by atoms with Crippen molar-refractivity contribution in [1.29, 1.82) is 0 Å². The zero-order chi connectivity index (χ0) is 7.94. The highest BCUT2D eigenvalue weighted by atomic mass is 32.3. The van der Waals surface area contributed by atoms with E-state index in [1.807, 2.05) is 0 Å². The summed E-state index contributed by atoms with van der Waals surface area (Å²) in [5, 5.41) is 0. The highest BCUT2D eigenvalue weighted by Crippen LogP contribution is 2.24. The third kappa shape index (κ3) is 4.49. The zero-order valence-corrected chi connectivity index (χ0v) is 8.59. The van der Waals surface area contributed by atoms with Gasteiger partial charge in [-0.2, -0.15) is 0 Å². The minimum atomic E-state index is 0.887. The number of rotatable bonds is 4. The van der Waals surface area contributed by atoms with Gasteiger partial charge in [-0.1, -0.05) is 6.42 Å². The Bertz CT molecular complexity index is 99.7. The predicted octanol–water partition coefficient (Wildman–Crippen LogP) is 2.48. The lowest BCUT2D eigenvalue weighted by atomic mass is 10.2. The first-order valence-electron chi connectivity index (χ1n) is 3.50. The molecule has 1 rings (SSSR count). The van der Waals surface area contributed by atoms with Crippen molar-refractivity contribution >= 4 is 37.5 Å². The molecule has 0 bridgehead atoms. The fraction of sp³-hybridized carbons (Fsp3) is 1.00. The van der Waals surface area contributed by atoms with E-state index in [0.717, 1.165) is 25.4 Å². The molecule has 0 radical (unpaired) electrons. The van der Waals surface area contributed by atoms with Crippen LogP contribution in [0.25, 0.3) is 0 Å². The minimum Gasteiger partial charge on any atom is -0.226 e. The second-order valence-electron chi connectivity index (χ2n) is 2.27. The van der Waals surface area contributed by atoms with Crippen LogP contribution < -0.4 is 0 Å². The SMILES string of the molecule is SOSOSN1CCCCC1. The van der Waals surface area contributed by atoms with Crippen LogP contribution >= 0.6 is 37.5 Å². The Morgan fingerprint density at radius 2 is 1.91 bits per heavy atom. The fourth-order valence-corrected chi connectivity index (χ4v) is 2.18. The first-order chi connectivity index (χ1) is 5.43. The third-order valence-corrected chi connectivity index (χ3v) is 2.79. The summed E-state index contributed by atoms with van der Waals surface area (Å²) in [7, 11) is 0. The molecule has 0 aliphatic carbocycles. The first-order valence-corrected chi connectivity index (χ1v) is 5.23. The summed E-state index contributed by atoms with van der Waals surface area (Å²) in [6.45, 7) is 2.22. The Balaban J connectivity index is 1.96. The summed E-state index contributed by atoms with van der Waals surface area (Å²) in [6.07, 6.45) is 3.87. The molecule has 0 saturated carbocycles. The molecule has 0 aromatic carbocycles. The van der Waals surface area contributed by atoms with Crippen LogP contribution in [0.2, 0.25) is 0 Å². The molecule has 1 aliphatic heterocycles. The van der Waals surface area contributed by atoms with Crippen molar-refractivity contribution in [1.82, 2.24) is 4.31 Å². The molecule has 0 atom stereocenters. The Morgan fingerprint density at radius 1 is 1.18 bits per heavy atom. The zero-order valence-electron chi connectivity index (χ0n) is 6.06.